The minimum absolute atomic E-state index is 0.173. The summed E-state index contributed by atoms with van der Waals surface area (Å²) in [7, 11) is 0. The van der Waals surface area contributed by atoms with E-state index in [-0.39, 0.29) is 13.2 Å². The summed E-state index contributed by atoms with van der Waals surface area (Å²) in [6.07, 6.45) is 3.41. The van der Waals surface area contributed by atoms with Crippen LogP contribution in [0.25, 0.3) is 22.0 Å². The molecule has 1 aromatic carbocycles. The highest BCUT2D eigenvalue weighted by Gasteiger charge is 2.15. The zero-order valence-electron chi connectivity index (χ0n) is 12.2. The molecule has 0 fully saturated rings. The van der Waals surface area contributed by atoms with Gasteiger partial charge in [0.2, 0.25) is 0 Å². The fraction of sp³-hybridized carbons (Fsp3) is 0.200. The highest BCUT2D eigenvalue weighted by Crippen LogP contribution is 2.30. The Balaban J connectivity index is 2.22. The van der Waals surface area contributed by atoms with Crippen LogP contribution in [0.15, 0.2) is 24.5 Å². The largest absolute Gasteiger partial charge is 0.480 e. The van der Waals surface area contributed by atoms with E-state index < -0.39 is 5.97 Å². The highest BCUT2D eigenvalue weighted by atomic mass is 127. The van der Waals surface area contributed by atoms with Gasteiger partial charge < -0.3 is 10.2 Å². The van der Waals surface area contributed by atoms with E-state index in [0.29, 0.717) is 20.6 Å². The molecule has 7 nitrogen and oxygen atoms in total. The van der Waals surface area contributed by atoms with Crippen LogP contribution in [0.3, 0.4) is 0 Å². The lowest BCUT2D eigenvalue weighted by molar-refractivity contribution is -0.137. The number of hydrogen-bond donors (Lipinski definition) is 2. The lowest BCUT2D eigenvalue weighted by Gasteiger charge is -2.09. The van der Waals surface area contributed by atoms with Crippen molar-refractivity contribution in [3.8, 4) is 11.1 Å². The average Bonchev–Trinajstić information content (AvgIpc) is 2.81. The third kappa shape index (κ3) is 3.04. The van der Waals surface area contributed by atoms with Crippen LogP contribution in [0.1, 0.15) is 11.4 Å². The number of carboxylic acids is 1. The Morgan fingerprint density at radius 1 is 1.30 bits per heavy atom. The van der Waals surface area contributed by atoms with Gasteiger partial charge in [-0.2, -0.15) is 5.10 Å². The maximum Gasteiger partial charge on any atom is 0.325 e. The SMILES string of the molecule is Cc1ncc(-c2cc3c(I)nn(CC(=O)O)c3cc2CO)cn1. The molecule has 0 unspecified atom stereocenters. The van der Waals surface area contributed by atoms with Crippen molar-refractivity contribution >= 4 is 39.5 Å². The first-order valence-corrected chi connectivity index (χ1v) is 7.88. The summed E-state index contributed by atoms with van der Waals surface area (Å²) < 4.78 is 2.13. The van der Waals surface area contributed by atoms with Gasteiger partial charge in [-0.05, 0) is 52.8 Å². The lowest BCUT2D eigenvalue weighted by Crippen LogP contribution is -2.10. The van der Waals surface area contributed by atoms with Crippen molar-refractivity contribution in [3.63, 3.8) is 0 Å². The van der Waals surface area contributed by atoms with E-state index in [1.165, 1.54) is 4.68 Å². The van der Waals surface area contributed by atoms with Gasteiger partial charge in [-0.1, -0.05) is 0 Å². The number of hydrogen-bond acceptors (Lipinski definition) is 5. The standard InChI is InChI=1S/C15H13IN4O3/c1-8-17-4-10(5-18-8)11-3-12-13(2-9(11)7-21)20(6-14(22)23)19-15(12)16/h2-5,21H,6-7H2,1H3,(H,22,23). The van der Waals surface area contributed by atoms with Crippen molar-refractivity contribution in [2.75, 3.05) is 0 Å². The summed E-state index contributed by atoms with van der Waals surface area (Å²) in [5.41, 5.74) is 2.96. The first-order valence-electron chi connectivity index (χ1n) is 6.80. The van der Waals surface area contributed by atoms with E-state index in [1.807, 2.05) is 6.07 Å². The number of carboxylic acid groups (broad SMARTS) is 1. The maximum absolute atomic E-state index is 11.0. The second-order valence-corrected chi connectivity index (χ2v) is 6.07. The van der Waals surface area contributed by atoms with Gasteiger partial charge in [0, 0.05) is 23.3 Å². The molecule has 0 saturated heterocycles. The molecule has 0 spiro atoms. The number of aliphatic hydroxyl groups excluding tert-OH is 1. The number of aliphatic hydroxyl groups is 1. The summed E-state index contributed by atoms with van der Waals surface area (Å²) in [5, 5.41) is 23.8. The van der Waals surface area contributed by atoms with E-state index in [2.05, 4.69) is 37.7 Å². The summed E-state index contributed by atoms with van der Waals surface area (Å²) in [4.78, 5) is 19.3. The third-order valence-corrected chi connectivity index (χ3v) is 4.27. The third-order valence-electron chi connectivity index (χ3n) is 3.48. The van der Waals surface area contributed by atoms with Gasteiger partial charge in [0.1, 0.15) is 16.1 Å². The van der Waals surface area contributed by atoms with Gasteiger partial charge in [0.25, 0.3) is 0 Å². The monoisotopic (exact) mass is 424 g/mol. The number of fused-ring (bicyclic) bond motifs is 1. The molecule has 3 aromatic rings. The Morgan fingerprint density at radius 3 is 2.61 bits per heavy atom. The molecule has 2 heterocycles. The molecule has 0 aliphatic rings. The number of rotatable bonds is 4. The lowest BCUT2D eigenvalue weighted by atomic mass is 10.0. The second kappa shape index (κ2) is 6.20. The second-order valence-electron chi connectivity index (χ2n) is 5.05. The van der Waals surface area contributed by atoms with Gasteiger partial charge in [-0.15, -0.1) is 0 Å². The molecular weight excluding hydrogens is 411 g/mol. The molecule has 8 heteroatoms. The summed E-state index contributed by atoms with van der Waals surface area (Å²) in [6, 6.07) is 3.66. The van der Waals surface area contributed by atoms with Crippen molar-refractivity contribution in [1.82, 2.24) is 19.7 Å². The van der Waals surface area contributed by atoms with Crippen LogP contribution < -0.4 is 0 Å². The number of halogens is 1. The molecule has 0 aliphatic carbocycles. The molecule has 23 heavy (non-hydrogen) atoms. The molecule has 2 N–H and O–H groups in total. The minimum atomic E-state index is -0.965. The maximum atomic E-state index is 11.0. The number of benzene rings is 1. The fourth-order valence-electron chi connectivity index (χ4n) is 2.40. The van der Waals surface area contributed by atoms with Crippen LogP contribution in [0.4, 0.5) is 0 Å². The molecule has 2 aromatic heterocycles. The van der Waals surface area contributed by atoms with Gasteiger partial charge in [0.05, 0.1) is 12.1 Å². The van der Waals surface area contributed by atoms with Crippen molar-refractivity contribution in [2.45, 2.75) is 20.1 Å². The van der Waals surface area contributed by atoms with Crippen molar-refractivity contribution in [3.05, 3.63) is 39.6 Å². The van der Waals surface area contributed by atoms with Crippen LogP contribution in [0.2, 0.25) is 0 Å². The first-order chi connectivity index (χ1) is 11.0. The molecule has 0 atom stereocenters. The number of nitrogens with zero attached hydrogens (tertiary/aromatic N) is 4. The smallest absolute Gasteiger partial charge is 0.325 e. The van der Waals surface area contributed by atoms with E-state index >= 15 is 0 Å². The van der Waals surface area contributed by atoms with Gasteiger partial charge in [-0.3, -0.25) is 9.48 Å². The summed E-state index contributed by atoms with van der Waals surface area (Å²) in [5.74, 6) is -0.295. The molecule has 0 aliphatic heterocycles. The topological polar surface area (TPSA) is 101 Å². The average molecular weight is 424 g/mol. The van der Waals surface area contributed by atoms with Crippen LogP contribution >= 0.6 is 22.6 Å². The van der Waals surface area contributed by atoms with Crippen molar-refractivity contribution in [2.24, 2.45) is 0 Å². The minimum Gasteiger partial charge on any atom is -0.480 e. The summed E-state index contributed by atoms with van der Waals surface area (Å²) >= 11 is 2.07. The first kappa shape index (κ1) is 15.8. The molecule has 0 radical (unpaired) electrons. The van der Waals surface area contributed by atoms with E-state index in [9.17, 15) is 9.90 Å². The summed E-state index contributed by atoms with van der Waals surface area (Å²) in [6.45, 7) is 1.41. The number of carbonyl (C=O) groups is 1. The van der Waals surface area contributed by atoms with Gasteiger partial charge in [0.15, 0.2) is 0 Å². The Kier molecular flexibility index (Phi) is 4.26. The molecule has 0 saturated carbocycles. The Hall–Kier alpha value is -2.07. The van der Waals surface area contributed by atoms with Gasteiger partial charge >= 0.3 is 5.97 Å². The van der Waals surface area contributed by atoms with E-state index in [0.717, 1.165) is 16.5 Å². The Morgan fingerprint density at radius 2 is 2.00 bits per heavy atom. The number of aliphatic carboxylic acids is 1. The molecule has 3 rings (SSSR count). The quantitative estimate of drug-likeness (QED) is 0.622. The van der Waals surface area contributed by atoms with Crippen molar-refractivity contribution < 1.29 is 15.0 Å². The van der Waals surface area contributed by atoms with Crippen molar-refractivity contribution in [1.29, 1.82) is 0 Å². The fourth-order valence-corrected chi connectivity index (χ4v) is 3.10. The zero-order chi connectivity index (χ0) is 16.6. The Labute approximate surface area is 145 Å². The van der Waals surface area contributed by atoms with Crippen LogP contribution in [0, 0.1) is 10.6 Å². The molecule has 118 valence electrons. The molecule has 0 bridgehead atoms. The van der Waals surface area contributed by atoms with E-state index in [1.54, 1.807) is 25.4 Å². The van der Waals surface area contributed by atoms with Crippen LogP contribution in [-0.4, -0.2) is 35.9 Å². The van der Waals surface area contributed by atoms with Crippen LogP contribution in [0.5, 0.6) is 0 Å². The predicted molar refractivity (Wildman–Crippen MR) is 91.8 cm³/mol. The van der Waals surface area contributed by atoms with E-state index in [4.69, 9.17) is 5.11 Å². The molecule has 0 amide bonds. The van der Waals surface area contributed by atoms with Gasteiger partial charge in [-0.25, -0.2) is 9.97 Å². The normalized spacial score (nSPS) is 11.1. The Bertz CT molecular complexity index is 890. The predicted octanol–water partition coefficient (Wildman–Crippen LogP) is 1.98. The highest BCUT2D eigenvalue weighted by molar-refractivity contribution is 14.1. The van der Waals surface area contributed by atoms with Crippen LogP contribution in [-0.2, 0) is 17.9 Å². The molecular formula is C15H13IN4O3. The number of aryl methyl sites for hydroxylation is 1. The zero-order valence-corrected chi connectivity index (χ0v) is 14.4. The number of aromatic nitrogens is 4.